The molecule has 4 N–H and O–H groups in total. The Morgan fingerprint density at radius 2 is 1.05 bits per heavy atom. The summed E-state index contributed by atoms with van der Waals surface area (Å²) in [5.74, 6) is 0.674. The summed E-state index contributed by atoms with van der Waals surface area (Å²) >= 11 is 0. The van der Waals surface area contributed by atoms with E-state index in [9.17, 15) is 8.42 Å². The van der Waals surface area contributed by atoms with Gasteiger partial charge in [-0.25, -0.2) is 0 Å². The smallest absolute Gasteiger partial charge is 0.294 e. The van der Waals surface area contributed by atoms with Gasteiger partial charge >= 0.3 is 0 Å². The highest BCUT2D eigenvalue weighted by molar-refractivity contribution is 8.19. The summed E-state index contributed by atoms with van der Waals surface area (Å²) in [6.07, 6.45) is 0. The van der Waals surface area contributed by atoms with E-state index in [1.165, 1.54) is 48.5 Å². The maximum Gasteiger partial charge on any atom is 0.294 e. The van der Waals surface area contributed by atoms with Crippen molar-refractivity contribution >= 4 is 21.0 Å². The van der Waals surface area contributed by atoms with Crippen molar-refractivity contribution in [1.82, 2.24) is 0 Å². The molecule has 9 heteroatoms. The van der Waals surface area contributed by atoms with E-state index in [1.54, 1.807) is 0 Å². The molecule has 0 bridgehead atoms. The first-order valence-electron chi connectivity index (χ1n) is 5.52. The topological polar surface area (TPSA) is 124 Å². The van der Waals surface area contributed by atoms with Crippen LogP contribution in [0.1, 0.15) is 0 Å². The molecule has 0 atom stereocenters. The average molecular weight is 332 g/mol. The highest BCUT2D eigenvalue weighted by Gasteiger charge is 2.15. The molecule has 0 saturated heterocycles. The summed E-state index contributed by atoms with van der Waals surface area (Å²) in [6, 6.07) is 10.5. The molecule has 7 nitrogen and oxygen atoms in total. The number of ether oxygens (including phenoxy) is 1. The lowest BCUT2D eigenvalue weighted by Crippen LogP contribution is -1.97. The van der Waals surface area contributed by atoms with E-state index in [-0.39, 0.29) is 9.79 Å². The van der Waals surface area contributed by atoms with E-state index >= 15 is 0 Å². The number of benzene rings is 2. The van der Waals surface area contributed by atoms with E-state index in [0.29, 0.717) is 11.5 Å². The fourth-order valence-corrected chi connectivity index (χ4v) is 2.49. The summed E-state index contributed by atoms with van der Waals surface area (Å²) in [7, 11) is -8.02. The standard InChI is InChI=1S/C12H12O7S2/c13-20(14,15)11-5-1-9(2-6-11)19-10-3-7-12(8-4-10)21(16,17)18/h1-8,13-15H,(H,16,17,18). The molecule has 21 heavy (non-hydrogen) atoms. The van der Waals surface area contributed by atoms with E-state index in [0.717, 1.165) is 0 Å². The van der Waals surface area contributed by atoms with E-state index in [4.69, 9.17) is 22.9 Å². The third kappa shape index (κ3) is 4.17. The summed E-state index contributed by atoms with van der Waals surface area (Å²) in [5.41, 5.74) is 0. The highest BCUT2D eigenvalue weighted by Crippen LogP contribution is 2.43. The predicted octanol–water partition coefficient (Wildman–Crippen LogP) is 3.31. The predicted molar refractivity (Wildman–Crippen MR) is 76.5 cm³/mol. The van der Waals surface area contributed by atoms with Gasteiger partial charge in [0.25, 0.3) is 10.1 Å². The summed E-state index contributed by atoms with van der Waals surface area (Å²) in [4.78, 5) is -0.295. The summed E-state index contributed by atoms with van der Waals surface area (Å²) in [5, 5.41) is 0. The Bertz CT molecular complexity index is 716. The lowest BCUT2D eigenvalue weighted by molar-refractivity contribution is 0.376. The lowest BCUT2D eigenvalue weighted by atomic mass is 10.3. The zero-order valence-electron chi connectivity index (χ0n) is 10.4. The molecule has 2 aromatic carbocycles. The van der Waals surface area contributed by atoms with Gasteiger partial charge in [-0.15, -0.1) is 0 Å². The quantitative estimate of drug-likeness (QED) is 0.633. The van der Waals surface area contributed by atoms with Gasteiger partial charge in [0.1, 0.15) is 22.4 Å². The zero-order valence-corrected chi connectivity index (χ0v) is 12.1. The first kappa shape index (κ1) is 15.8. The maximum absolute atomic E-state index is 10.9. The molecular weight excluding hydrogens is 320 g/mol. The maximum atomic E-state index is 10.9. The van der Waals surface area contributed by atoms with Crippen molar-refractivity contribution in [3.63, 3.8) is 0 Å². The second-order valence-corrected chi connectivity index (χ2v) is 6.97. The lowest BCUT2D eigenvalue weighted by Gasteiger charge is -2.19. The van der Waals surface area contributed by atoms with Crippen molar-refractivity contribution in [2.24, 2.45) is 0 Å². The number of rotatable bonds is 4. The van der Waals surface area contributed by atoms with Crippen molar-refractivity contribution in [2.75, 3.05) is 0 Å². The molecule has 0 radical (unpaired) electrons. The van der Waals surface area contributed by atoms with Crippen LogP contribution in [0.3, 0.4) is 0 Å². The summed E-state index contributed by atoms with van der Waals surface area (Å²) < 4.78 is 63.1. The third-order valence-electron chi connectivity index (χ3n) is 2.50. The normalized spacial score (nSPS) is 13.0. The molecule has 0 spiro atoms. The van der Waals surface area contributed by atoms with Crippen LogP contribution < -0.4 is 4.74 Å². The van der Waals surface area contributed by atoms with Crippen LogP contribution in [0.2, 0.25) is 0 Å². The van der Waals surface area contributed by atoms with Crippen LogP contribution in [-0.4, -0.2) is 26.6 Å². The van der Waals surface area contributed by atoms with Crippen LogP contribution in [0.4, 0.5) is 0 Å². The van der Waals surface area contributed by atoms with E-state index in [1.807, 2.05) is 0 Å². The van der Waals surface area contributed by atoms with Gasteiger partial charge in [0.2, 0.25) is 0 Å². The zero-order chi connectivity index (χ0) is 15.7. The van der Waals surface area contributed by atoms with E-state index in [2.05, 4.69) is 0 Å². The minimum absolute atomic E-state index is 0.0448. The van der Waals surface area contributed by atoms with Gasteiger partial charge in [-0.2, -0.15) is 8.42 Å². The van der Waals surface area contributed by atoms with Crippen LogP contribution in [0.25, 0.3) is 0 Å². The highest BCUT2D eigenvalue weighted by atomic mass is 32.3. The van der Waals surface area contributed by atoms with Crippen LogP contribution >= 0.6 is 10.9 Å². The fourth-order valence-electron chi connectivity index (χ4n) is 1.51. The third-order valence-corrected chi connectivity index (χ3v) is 4.27. The Labute approximate surface area is 122 Å². The molecule has 0 aromatic heterocycles. The molecule has 114 valence electrons. The molecule has 0 fully saturated rings. The molecule has 0 unspecified atom stereocenters. The van der Waals surface area contributed by atoms with Crippen molar-refractivity contribution < 1.29 is 31.4 Å². The van der Waals surface area contributed by atoms with Crippen LogP contribution in [0.15, 0.2) is 58.3 Å². The van der Waals surface area contributed by atoms with Gasteiger partial charge in [-0.1, -0.05) is 0 Å². The molecule has 0 amide bonds. The molecule has 0 aliphatic carbocycles. The Balaban J connectivity index is 2.15. The minimum Gasteiger partial charge on any atom is -0.457 e. The molecule has 0 heterocycles. The number of hydrogen-bond acceptors (Lipinski definition) is 6. The second-order valence-electron chi connectivity index (χ2n) is 4.04. The van der Waals surface area contributed by atoms with Gasteiger partial charge in [0.15, 0.2) is 0 Å². The van der Waals surface area contributed by atoms with Gasteiger partial charge in [0.05, 0.1) is 9.79 Å². The van der Waals surface area contributed by atoms with Crippen molar-refractivity contribution in [1.29, 1.82) is 0 Å². The summed E-state index contributed by atoms with van der Waals surface area (Å²) in [6.45, 7) is 0. The molecule has 2 aromatic rings. The van der Waals surface area contributed by atoms with Crippen molar-refractivity contribution in [2.45, 2.75) is 9.79 Å². The largest absolute Gasteiger partial charge is 0.457 e. The van der Waals surface area contributed by atoms with Gasteiger partial charge in [-0.05, 0) is 48.5 Å². The molecule has 0 aliphatic rings. The average Bonchev–Trinajstić information content (AvgIpc) is 2.38. The fraction of sp³-hybridized carbons (Fsp3) is 0. The molecule has 0 aliphatic heterocycles. The van der Waals surface area contributed by atoms with Crippen molar-refractivity contribution in [3.8, 4) is 11.5 Å². The molecular formula is C12H12O7S2. The first-order valence-corrected chi connectivity index (χ1v) is 8.47. The monoisotopic (exact) mass is 332 g/mol. The SMILES string of the molecule is O=S(=O)(O)c1ccc(Oc2ccc(S(O)(O)O)cc2)cc1. The van der Waals surface area contributed by atoms with Crippen LogP contribution in [0, 0.1) is 0 Å². The minimum atomic E-state index is -4.25. The van der Waals surface area contributed by atoms with E-state index < -0.39 is 21.0 Å². The van der Waals surface area contributed by atoms with Gasteiger partial charge in [0, 0.05) is 0 Å². The Hall–Kier alpha value is -1.62. The van der Waals surface area contributed by atoms with Crippen LogP contribution in [-0.2, 0) is 10.1 Å². The van der Waals surface area contributed by atoms with Gasteiger partial charge in [-0.3, -0.25) is 4.55 Å². The first-order chi connectivity index (χ1) is 9.66. The second kappa shape index (κ2) is 5.64. The van der Waals surface area contributed by atoms with Crippen molar-refractivity contribution in [3.05, 3.63) is 48.5 Å². The molecule has 0 saturated carbocycles. The van der Waals surface area contributed by atoms with Gasteiger partial charge < -0.3 is 18.4 Å². The van der Waals surface area contributed by atoms with Crippen LogP contribution in [0.5, 0.6) is 11.5 Å². The Morgan fingerprint density at radius 3 is 1.38 bits per heavy atom. The Kier molecular flexibility index (Phi) is 4.23. The molecule has 2 rings (SSSR count). The number of hydrogen-bond donors (Lipinski definition) is 4. The Morgan fingerprint density at radius 1 is 0.667 bits per heavy atom.